The van der Waals surface area contributed by atoms with Gasteiger partial charge in [-0.2, -0.15) is 10.2 Å². The minimum absolute atomic E-state index is 0.156. The van der Waals surface area contributed by atoms with Gasteiger partial charge < -0.3 is 4.90 Å². The van der Waals surface area contributed by atoms with Gasteiger partial charge in [-0.25, -0.2) is 14.6 Å². The van der Waals surface area contributed by atoms with Gasteiger partial charge in [0, 0.05) is 25.7 Å². The Labute approximate surface area is 171 Å². The van der Waals surface area contributed by atoms with Crippen molar-refractivity contribution in [1.82, 2.24) is 29.5 Å². The second-order valence-corrected chi connectivity index (χ2v) is 8.64. The van der Waals surface area contributed by atoms with E-state index < -0.39 is 0 Å². The van der Waals surface area contributed by atoms with Crippen LogP contribution in [0.4, 0.5) is 5.82 Å². The molecule has 1 aliphatic rings. The summed E-state index contributed by atoms with van der Waals surface area (Å²) in [6.45, 7) is 8.13. The molecule has 0 aromatic carbocycles. The molecular weight excluding hydrogens is 430 g/mol. The Morgan fingerprint density at radius 3 is 2.81 bits per heavy atom. The summed E-state index contributed by atoms with van der Waals surface area (Å²) in [7, 11) is 1.89. The molecule has 0 aliphatic carbocycles. The van der Waals surface area contributed by atoms with E-state index in [-0.39, 0.29) is 6.04 Å². The zero-order valence-corrected chi connectivity index (χ0v) is 18.3. The molecule has 1 aliphatic heterocycles. The Balaban J connectivity index is 1.80. The summed E-state index contributed by atoms with van der Waals surface area (Å²) in [5, 5.41) is 10.8. The number of rotatable bonds is 4. The zero-order chi connectivity index (χ0) is 19.3. The Bertz CT molecular complexity index is 993. The van der Waals surface area contributed by atoms with Crippen LogP contribution < -0.4 is 4.90 Å². The molecule has 1 fully saturated rings. The first-order valence-electron chi connectivity index (χ1n) is 9.21. The fourth-order valence-electron chi connectivity index (χ4n) is 3.98. The molecule has 1 unspecified atom stereocenters. The Kier molecular flexibility index (Phi) is 4.88. The minimum Gasteiger partial charge on any atom is -0.349 e. The van der Waals surface area contributed by atoms with Gasteiger partial charge in [0.2, 0.25) is 0 Å². The SMILES string of the molecule is Cc1nn(CC(C)C)c(Cl)c1C1CCCN1c1ncnc2c1c(Br)nn2C. The molecule has 9 heteroatoms. The topological polar surface area (TPSA) is 64.7 Å². The lowest BCUT2D eigenvalue weighted by molar-refractivity contribution is 0.481. The molecule has 3 aromatic heterocycles. The molecule has 0 spiro atoms. The molecule has 0 saturated carbocycles. The first-order chi connectivity index (χ1) is 12.9. The summed E-state index contributed by atoms with van der Waals surface area (Å²) in [6, 6.07) is 0.156. The average Bonchev–Trinajstić information content (AvgIpc) is 3.26. The molecule has 0 bridgehead atoms. The second-order valence-electron chi connectivity index (χ2n) is 7.53. The Morgan fingerprint density at radius 2 is 2.07 bits per heavy atom. The molecule has 1 atom stereocenters. The number of anilines is 1. The molecule has 7 nitrogen and oxygen atoms in total. The quantitative estimate of drug-likeness (QED) is 0.591. The van der Waals surface area contributed by atoms with Crippen molar-refractivity contribution in [2.75, 3.05) is 11.4 Å². The molecule has 4 rings (SSSR count). The molecule has 0 radical (unpaired) electrons. The standard InChI is InChI=1S/C18H23BrClN7/c1-10(2)8-27-16(20)13(11(3)23-27)12-6-5-7-26(12)18-14-15(19)24-25(4)17(14)21-9-22-18/h9-10,12H,5-8H2,1-4H3. The highest BCUT2D eigenvalue weighted by Gasteiger charge is 2.34. The summed E-state index contributed by atoms with van der Waals surface area (Å²) in [4.78, 5) is 11.3. The molecule has 0 N–H and O–H groups in total. The first-order valence-corrected chi connectivity index (χ1v) is 10.4. The number of hydrogen-bond donors (Lipinski definition) is 0. The van der Waals surface area contributed by atoms with Crippen molar-refractivity contribution in [3.63, 3.8) is 0 Å². The second kappa shape index (κ2) is 7.05. The van der Waals surface area contributed by atoms with Gasteiger partial charge in [0.25, 0.3) is 0 Å². The number of halogens is 2. The van der Waals surface area contributed by atoms with E-state index in [1.807, 2.05) is 18.7 Å². The number of nitrogens with zero attached hydrogens (tertiary/aromatic N) is 7. The van der Waals surface area contributed by atoms with Gasteiger partial charge in [0.15, 0.2) is 5.65 Å². The molecule has 3 aromatic rings. The van der Waals surface area contributed by atoms with Crippen LogP contribution in [0, 0.1) is 12.8 Å². The molecular formula is C18H23BrClN7. The van der Waals surface area contributed by atoms with Gasteiger partial charge in [0.1, 0.15) is 21.9 Å². The normalized spacial score (nSPS) is 17.6. The lowest BCUT2D eigenvalue weighted by atomic mass is 10.1. The van der Waals surface area contributed by atoms with Gasteiger partial charge in [-0.15, -0.1) is 0 Å². The molecule has 27 heavy (non-hydrogen) atoms. The molecule has 1 saturated heterocycles. The fraction of sp³-hybridized carbons (Fsp3) is 0.556. The number of fused-ring (bicyclic) bond motifs is 1. The third kappa shape index (κ3) is 3.12. The van der Waals surface area contributed by atoms with E-state index in [0.29, 0.717) is 5.92 Å². The van der Waals surface area contributed by atoms with Crippen molar-refractivity contribution < 1.29 is 0 Å². The van der Waals surface area contributed by atoms with Gasteiger partial charge in [0.05, 0.1) is 17.1 Å². The van der Waals surface area contributed by atoms with Crippen LogP contribution in [0.25, 0.3) is 11.0 Å². The van der Waals surface area contributed by atoms with Crippen LogP contribution in [-0.4, -0.2) is 36.1 Å². The van der Waals surface area contributed by atoms with Gasteiger partial charge in [-0.3, -0.25) is 4.68 Å². The smallest absolute Gasteiger partial charge is 0.164 e. The third-order valence-corrected chi connectivity index (χ3v) is 6.02. The Hall–Kier alpha value is -1.67. The summed E-state index contributed by atoms with van der Waals surface area (Å²) in [6.07, 6.45) is 3.72. The summed E-state index contributed by atoms with van der Waals surface area (Å²) >= 11 is 10.3. The summed E-state index contributed by atoms with van der Waals surface area (Å²) < 4.78 is 4.47. The predicted octanol–water partition coefficient (Wildman–Crippen LogP) is 4.28. The zero-order valence-electron chi connectivity index (χ0n) is 15.9. The van der Waals surface area contributed by atoms with Crippen LogP contribution in [-0.2, 0) is 13.6 Å². The fourth-order valence-corrected chi connectivity index (χ4v) is 4.94. The van der Waals surface area contributed by atoms with E-state index in [1.54, 1.807) is 11.0 Å². The van der Waals surface area contributed by atoms with Crippen molar-refractivity contribution in [2.45, 2.75) is 46.2 Å². The molecule has 0 amide bonds. The van der Waals surface area contributed by atoms with E-state index in [4.69, 9.17) is 16.7 Å². The van der Waals surface area contributed by atoms with Crippen molar-refractivity contribution in [3.05, 3.63) is 27.3 Å². The Morgan fingerprint density at radius 1 is 1.30 bits per heavy atom. The van der Waals surface area contributed by atoms with Crippen molar-refractivity contribution >= 4 is 44.4 Å². The van der Waals surface area contributed by atoms with Gasteiger partial charge in [-0.1, -0.05) is 25.4 Å². The van der Waals surface area contributed by atoms with Crippen LogP contribution in [0.3, 0.4) is 0 Å². The highest BCUT2D eigenvalue weighted by Crippen LogP contribution is 2.42. The van der Waals surface area contributed by atoms with Crippen LogP contribution in [0.2, 0.25) is 5.15 Å². The summed E-state index contributed by atoms with van der Waals surface area (Å²) in [5.41, 5.74) is 2.92. The molecule has 144 valence electrons. The predicted molar refractivity (Wildman–Crippen MR) is 110 cm³/mol. The van der Waals surface area contributed by atoms with Gasteiger partial charge >= 0.3 is 0 Å². The van der Waals surface area contributed by atoms with Crippen LogP contribution in [0.1, 0.15) is 44.0 Å². The van der Waals surface area contributed by atoms with Crippen molar-refractivity contribution in [1.29, 1.82) is 0 Å². The maximum absolute atomic E-state index is 6.78. The molecule has 4 heterocycles. The maximum atomic E-state index is 6.78. The van der Waals surface area contributed by atoms with E-state index >= 15 is 0 Å². The monoisotopic (exact) mass is 451 g/mol. The van der Waals surface area contributed by atoms with Crippen LogP contribution >= 0.6 is 27.5 Å². The van der Waals surface area contributed by atoms with E-state index in [1.165, 1.54) is 0 Å². The average molecular weight is 453 g/mol. The van der Waals surface area contributed by atoms with Gasteiger partial charge in [-0.05, 0) is 41.6 Å². The number of aromatic nitrogens is 6. The summed E-state index contributed by atoms with van der Waals surface area (Å²) in [5.74, 6) is 1.39. The van der Waals surface area contributed by atoms with E-state index in [2.05, 4.69) is 49.7 Å². The van der Waals surface area contributed by atoms with E-state index in [0.717, 1.165) is 63.8 Å². The number of hydrogen-bond acceptors (Lipinski definition) is 5. The highest BCUT2D eigenvalue weighted by molar-refractivity contribution is 9.10. The van der Waals surface area contributed by atoms with E-state index in [9.17, 15) is 0 Å². The maximum Gasteiger partial charge on any atom is 0.164 e. The minimum atomic E-state index is 0.156. The first kappa shape index (κ1) is 18.7. The third-order valence-electron chi connectivity index (χ3n) is 5.06. The van der Waals surface area contributed by atoms with Crippen molar-refractivity contribution in [3.8, 4) is 0 Å². The largest absolute Gasteiger partial charge is 0.349 e. The lowest BCUT2D eigenvalue weighted by Crippen LogP contribution is -2.24. The van der Waals surface area contributed by atoms with Crippen LogP contribution in [0.15, 0.2) is 10.9 Å². The number of aryl methyl sites for hydroxylation is 2. The van der Waals surface area contributed by atoms with Crippen molar-refractivity contribution in [2.24, 2.45) is 13.0 Å². The lowest BCUT2D eigenvalue weighted by Gasteiger charge is -2.26. The van der Waals surface area contributed by atoms with Crippen LogP contribution in [0.5, 0.6) is 0 Å². The highest BCUT2D eigenvalue weighted by atomic mass is 79.9.